The van der Waals surface area contributed by atoms with E-state index in [1.807, 2.05) is 24.3 Å². The van der Waals surface area contributed by atoms with Crippen LogP contribution in [0.2, 0.25) is 0 Å². The van der Waals surface area contributed by atoms with Gasteiger partial charge in [-0.3, -0.25) is 0 Å². The van der Waals surface area contributed by atoms with Gasteiger partial charge in [0.2, 0.25) is 6.79 Å². The first kappa shape index (κ1) is 14.6. The van der Waals surface area contributed by atoms with E-state index in [4.69, 9.17) is 9.47 Å². The second kappa shape index (κ2) is 6.62. The van der Waals surface area contributed by atoms with Crippen molar-refractivity contribution >= 4 is 0 Å². The van der Waals surface area contributed by atoms with Gasteiger partial charge in [-0.05, 0) is 35.4 Å². The summed E-state index contributed by atoms with van der Waals surface area (Å²) in [5, 5.41) is 3.25. The topological polar surface area (TPSA) is 39.7 Å². The van der Waals surface area contributed by atoms with E-state index >= 15 is 0 Å². The molecule has 1 aliphatic heterocycles. The van der Waals surface area contributed by atoms with Crippen molar-refractivity contribution in [3.8, 4) is 17.2 Å². The Hall–Kier alpha value is -2.34. The zero-order valence-corrected chi connectivity index (χ0v) is 11.7. The van der Waals surface area contributed by atoms with Crippen molar-refractivity contribution in [3.63, 3.8) is 0 Å². The highest BCUT2D eigenvalue weighted by Gasteiger charge is 2.12. The molecular formula is C16H15F2NO3. The maximum atomic E-state index is 12.2. The smallest absolute Gasteiger partial charge is 0.387 e. The number of rotatable bonds is 6. The van der Waals surface area contributed by atoms with Gasteiger partial charge in [0.05, 0.1) is 0 Å². The van der Waals surface area contributed by atoms with Crippen LogP contribution in [-0.4, -0.2) is 13.4 Å². The van der Waals surface area contributed by atoms with Crippen LogP contribution in [0.3, 0.4) is 0 Å². The van der Waals surface area contributed by atoms with Crippen molar-refractivity contribution in [2.45, 2.75) is 19.7 Å². The number of fused-ring (bicyclic) bond motifs is 1. The van der Waals surface area contributed by atoms with Crippen molar-refractivity contribution in [1.82, 2.24) is 5.32 Å². The van der Waals surface area contributed by atoms with Gasteiger partial charge < -0.3 is 19.5 Å². The summed E-state index contributed by atoms with van der Waals surface area (Å²) in [7, 11) is 0. The molecule has 0 spiro atoms. The number of nitrogens with one attached hydrogen (secondary N) is 1. The van der Waals surface area contributed by atoms with Gasteiger partial charge in [0, 0.05) is 13.1 Å². The largest absolute Gasteiger partial charge is 0.454 e. The van der Waals surface area contributed by atoms with E-state index in [1.165, 1.54) is 6.07 Å². The van der Waals surface area contributed by atoms with E-state index in [2.05, 4.69) is 10.1 Å². The predicted molar refractivity (Wildman–Crippen MR) is 76.2 cm³/mol. The summed E-state index contributed by atoms with van der Waals surface area (Å²) in [4.78, 5) is 0. The van der Waals surface area contributed by atoms with Crippen molar-refractivity contribution in [3.05, 3.63) is 53.6 Å². The van der Waals surface area contributed by atoms with Gasteiger partial charge in [-0.1, -0.05) is 18.2 Å². The number of alkyl halides is 2. The quantitative estimate of drug-likeness (QED) is 0.889. The summed E-state index contributed by atoms with van der Waals surface area (Å²) < 4.78 is 39.3. The first-order valence-electron chi connectivity index (χ1n) is 6.84. The van der Waals surface area contributed by atoms with Crippen molar-refractivity contribution in [2.24, 2.45) is 0 Å². The van der Waals surface area contributed by atoms with Gasteiger partial charge in [-0.2, -0.15) is 8.78 Å². The van der Waals surface area contributed by atoms with E-state index in [0.717, 1.165) is 22.6 Å². The molecule has 0 aromatic heterocycles. The number of halogens is 2. The van der Waals surface area contributed by atoms with Gasteiger partial charge in [0.15, 0.2) is 11.5 Å². The Labute approximate surface area is 126 Å². The van der Waals surface area contributed by atoms with E-state index in [9.17, 15) is 8.78 Å². The van der Waals surface area contributed by atoms with Crippen LogP contribution in [0.4, 0.5) is 8.78 Å². The molecule has 22 heavy (non-hydrogen) atoms. The molecule has 0 amide bonds. The fourth-order valence-electron chi connectivity index (χ4n) is 2.23. The maximum Gasteiger partial charge on any atom is 0.387 e. The minimum absolute atomic E-state index is 0.164. The third-order valence-corrected chi connectivity index (χ3v) is 3.22. The molecule has 0 unspecified atom stereocenters. The highest BCUT2D eigenvalue weighted by molar-refractivity contribution is 5.44. The van der Waals surface area contributed by atoms with Crippen LogP contribution in [0, 0.1) is 0 Å². The molecule has 0 saturated heterocycles. The molecule has 0 fully saturated rings. The van der Waals surface area contributed by atoms with E-state index in [-0.39, 0.29) is 12.5 Å². The summed E-state index contributed by atoms with van der Waals surface area (Å²) in [5.74, 6) is 1.66. The molecule has 2 aromatic carbocycles. The molecule has 0 bridgehead atoms. The molecule has 116 valence electrons. The monoisotopic (exact) mass is 307 g/mol. The minimum Gasteiger partial charge on any atom is -0.454 e. The van der Waals surface area contributed by atoms with Crippen molar-refractivity contribution in [2.75, 3.05) is 6.79 Å². The van der Waals surface area contributed by atoms with Crippen LogP contribution in [0.25, 0.3) is 0 Å². The maximum absolute atomic E-state index is 12.2. The van der Waals surface area contributed by atoms with E-state index < -0.39 is 6.61 Å². The lowest BCUT2D eigenvalue weighted by Gasteiger charge is -2.08. The average Bonchev–Trinajstić information content (AvgIpc) is 2.94. The second-order valence-corrected chi connectivity index (χ2v) is 4.82. The minimum atomic E-state index is -2.81. The van der Waals surface area contributed by atoms with E-state index in [0.29, 0.717) is 13.1 Å². The lowest BCUT2D eigenvalue weighted by Crippen LogP contribution is -2.12. The molecule has 0 atom stereocenters. The summed E-state index contributed by atoms with van der Waals surface area (Å²) in [6, 6.07) is 12.4. The van der Waals surface area contributed by atoms with Crippen LogP contribution in [0.5, 0.6) is 17.2 Å². The Bertz CT molecular complexity index is 649. The molecule has 2 aromatic rings. The SMILES string of the molecule is FC(F)Oc1cccc(CNCc2ccc3c(c2)OCO3)c1. The van der Waals surface area contributed by atoms with Crippen LogP contribution in [0.1, 0.15) is 11.1 Å². The third-order valence-electron chi connectivity index (χ3n) is 3.22. The number of benzene rings is 2. The van der Waals surface area contributed by atoms with Gasteiger partial charge in [-0.25, -0.2) is 0 Å². The Morgan fingerprint density at radius 2 is 1.77 bits per heavy atom. The Kier molecular flexibility index (Phi) is 4.39. The number of ether oxygens (including phenoxy) is 3. The fourth-order valence-corrected chi connectivity index (χ4v) is 2.23. The van der Waals surface area contributed by atoms with Gasteiger partial charge in [0.1, 0.15) is 5.75 Å². The zero-order valence-electron chi connectivity index (χ0n) is 11.7. The summed E-state index contributed by atoms with van der Waals surface area (Å²) in [5.41, 5.74) is 1.93. The molecule has 4 nitrogen and oxygen atoms in total. The molecule has 6 heteroatoms. The first-order valence-corrected chi connectivity index (χ1v) is 6.84. The first-order chi connectivity index (χ1) is 10.7. The highest BCUT2D eigenvalue weighted by Crippen LogP contribution is 2.32. The van der Waals surface area contributed by atoms with Crippen LogP contribution < -0.4 is 19.5 Å². The number of hydrogen-bond acceptors (Lipinski definition) is 4. The van der Waals surface area contributed by atoms with Gasteiger partial charge in [0.25, 0.3) is 0 Å². The lowest BCUT2D eigenvalue weighted by atomic mass is 10.2. The summed E-state index contributed by atoms with van der Waals surface area (Å²) in [6.45, 7) is -1.37. The van der Waals surface area contributed by atoms with E-state index in [1.54, 1.807) is 12.1 Å². The molecule has 1 N–H and O–H groups in total. The van der Waals surface area contributed by atoms with Crippen LogP contribution >= 0.6 is 0 Å². The second-order valence-electron chi connectivity index (χ2n) is 4.82. The molecular weight excluding hydrogens is 292 g/mol. The molecule has 3 rings (SSSR count). The lowest BCUT2D eigenvalue weighted by molar-refractivity contribution is -0.0498. The predicted octanol–water partition coefficient (Wildman–Crippen LogP) is 3.31. The van der Waals surface area contributed by atoms with Gasteiger partial charge >= 0.3 is 6.61 Å². The molecule has 0 radical (unpaired) electrons. The average molecular weight is 307 g/mol. The molecule has 1 aliphatic rings. The third kappa shape index (κ3) is 3.65. The van der Waals surface area contributed by atoms with Crippen LogP contribution in [0.15, 0.2) is 42.5 Å². The summed E-state index contributed by atoms with van der Waals surface area (Å²) in [6.07, 6.45) is 0. The van der Waals surface area contributed by atoms with Crippen LogP contribution in [-0.2, 0) is 13.1 Å². The Balaban J connectivity index is 1.54. The Morgan fingerprint density at radius 1 is 1.00 bits per heavy atom. The Morgan fingerprint density at radius 3 is 2.59 bits per heavy atom. The van der Waals surface area contributed by atoms with Gasteiger partial charge in [-0.15, -0.1) is 0 Å². The highest BCUT2D eigenvalue weighted by atomic mass is 19.3. The molecule has 1 heterocycles. The zero-order chi connectivity index (χ0) is 15.4. The fraction of sp³-hybridized carbons (Fsp3) is 0.250. The van der Waals surface area contributed by atoms with Crippen molar-refractivity contribution in [1.29, 1.82) is 0 Å². The molecule has 0 saturated carbocycles. The number of hydrogen-bond donors (Lipinski definition) is 1. The summed E-state index contributed by atoms with van der Waals surface area (Å²) >= 11 is 0. The van der Waals surface area contributed by atoms with Crippen molar-refractivity contribution < 1.29 is 23.0 Å². The molecule has 0 aliphatic carbocycles. The normalized spacial score (nSPS) is 12.7. The standard InChI is InChI=1S/C16H15F2NO3/c17-16(18)22-13-3-1-2-11(6-13)8-19-9-12-4-5-14-15(7-12)21-10-20-14/h1-7,16,19H,8-10H2.